The van der Waals surface area contributed by atoms with Crippen LogP contribution in [0.25, 0.3) is 5.57 Å². The predicted octanol–water partition coefficient (Wildman–Crippen LogP) is 3.97. The number of nitrogens with zero attached hydrogens (tertiary/aromatic N) is 2. The van der Waals surface area contributed by atoms with Gasteiger partial charge in [-0.25, -0.2) is 4.79 Å². The van der Waals surface area contributed by atoms with E-state index in [1.165, 1.54) is 0 Å². The maximum absolute atomic E-state index is 12.3. The zero-order valence-electron chi connectivity index (χ0n) is 19.6. The molecule has 31 heavy (non-hydrogen) atoms. The molecule has 1 amide bonds. The third-order valence-electron chi connectivity index (χ3n) is 5.77. The normalized spacial score (nSPS) is 19.6. The number of carbonyl (C=O) groups excluding carboxylic acids is 1. The van der Waals surface area contributed by atoms with Crippen molar-refractivity contribution in [2.45, 2.75) is 78.3 Å². The van der Waals surface area contributed by atoms with Crippen LogP contribution < -0.4 is 0 Å². The van der Waals surface area contributed by atoms with Crippen molar-refractivity contribution in [1.29, 1.82) is 0 Å². The first-order chi connectivity index (χ1) is 14.3. The van der Waals surface area contributed by atoms with Gasteiger partial charge in [-0.05, 0) is 83.6 Å². The lowest BCUT2D eigenvalue weighted by molar-refractivity contribution is -0.193. The Bertz CT molecular complexity index is 847. The van der Waals surface area contributed by atoms with Crippen molar-refractivity contribution in [3.05, 3.63) is 35.2 Å². The zero-order valence-corrected chi connectivity index (χ0v) is 19.6. The van der Waals surface area contributed by atoms with Crippen LogP contribution in [-0.2, 0) is 9.47 Å². The van der Waals surface area contributed by atoms with Gasteiger partial charge in [-0.15, -0.1) is 0 Å². The molecule has 1 fully saturated rings. The summed E-state index contributed by atoms with van der Waals surface area (Å²) in [5.41, 5.74) is 2.90. The highest BCUT2D eigenvalue weighted by atomic mass is 16.6. The van der Waals surface area contributed by atoms with Crippen LogP contribution in [0, 0.1) is 12.3 Å². The summed E-state index contributed by atoms with van der Waals surface area (Å²) in [6, 6.07) is 1.98. The monoisotopic (exact) mass is 432 g/mol. The minimum Gasteiger partial charge on any atom is -0.444 e. The van der Waals surface area contributed by atoms with E-state index in [1.54, 1.807) is 24.9 Å². The fourth-order valence-corrected chi connectivity index (χ4v) is 3.79. The topological polar surface area (TPSA) is 92.1 Å². The van der Waals surface area contributed by atoms with Crippen molar-refractivity contribution in [2.75, 3.05) is 19.7 Å². The van der Waals surface area contributed by atoms with Gasteiger partial charge in [0.2, 0.25) is 0 Å². The number of ether oxygens (including phenoxy) is 2. The van der Waals surface area contributed by atoms with Gasteiger partial charge in [-0.1, -0.05) is 6.08 Å². The van der Waals surface area contributed by atoms with E-state index in [4.69, 9.17) is 9.47 Å². The lowest BCUT2D eigenvalue weighted by Gasteiger charge is -2.30. The maximum atomic E-state index is 12.3. The Balaban J connectivity index is 1.67. The zero-order chi connectivity index (χ0) is 23.0. The van der Waals surface area contributed by atoms with Crippen molar-refractivity contribution in [3.63, 3.8) is 0 Å². The number of amides is 1. The third kappa shape index (κ3) is 6.05. The van der Waals surface area contributed by atoms with Crippen molar-refractivity contribution in [3.8, 4) is 0 Å². The molecule has 0 bridgehead atoms. The minimum absolute atomic E-state index is 0.297. The van der Waals surface area contributed by atoms with E-state index in [0.29, 0.717) is 26.1 Å². The first-order valence-corrected chi connectivity index (χ1v) is 11.0. The van der Waals surface area contributed by atoms with E-state index in [1.807, 2.05) is 39.8 Å². The molecule has 172 valence electrons. The minimum atomic E-state index is -1.21. The molecule has 0 saturated heterocycles. The summed E-state index contributed by atoms with van der Waals surface area (Å²) in [7, 11) is 0. The van der Waals surface area contributed by atoms with Gasteiger partial charge in [0.15, 0.2) is 5.79 Å². The van der Waals surface area contributed by atoms with Gasteiger partial charge in [-0.2, -0.15) is 0 Å². The number of aliphatic hydroxyl groups excluding tert-OH is 1. The first-order valence-electron chi connectivity index (χ1n) is 11.0. The Labute approximate surface area is 185 Å². The lowest BCUT2D eigenvalue weighted by Crippen LogP contribution is -2.39. The number of hydrogen-bond donors (Lipinski definition) is 2. The van der Waals surface area contributed by atoms with Gasteiger partial charge in [0.25, 0.3) is 0 Å². The molecule has 1 aromatic heterocycles. The van der Waals surface area contributed by atoms with Crippen LogP contribution in [0.4, 0.5) is 4.79 Å². The number of carbonyl (C=O) groups is 1. The number of rotatable bonds is 6. The Kier molecular flexibility index (Phi) is 6.52. The summed E-state index contributed by atoms with van der Waals surface area (Å²) in [5.74, 6) is -1.21. The van der Waals surface area contributed by atoms with Gasteiger partial charge in [0.1, 0.15) is 5.60 Å². The summed E-state index contributed by atoms with van der Waals surface area (Å²) >= 11 is 0. The van der Waals surface area contributed by atoms with E-state index >= 15 is 0 Å². The van der Waals surface area contributed by atoms with Gasteiger partial charge < -0.3 is 24.6 Å². The first kappa shape index (κ1) is 23.7. The van der Waals surface area contributed by atoms with Gasteiger partial charge in [-0.3, -0.25) is 4.98 Å². The maximum Gasteiger partial charge on any atom is 0.410 e. The van der Waals surface area contributed by atoms with Crippen molar-refractivity contribution in [1.82, 2.24) is 9.88 Å². The Morgan fingerprint density at radius 3 is 2.45 bits per heavy atom. The molecule has 2 aliphatic rings. The molecule has 7 heteroatoms. The molecule has 0 aromatic carbocycles. The Morgan fingerprint density at radius 2 is 1.97 bits per heavy atom. The highest BCUT2D eigenvalue weighted by molar-refractivity contribution is 5.72. The highest BCUT2D eigenvalue weighted by Gasteiger charge is 2.50. The highest BCUT2D eigenvalue weighted by Crippen LogP contribution is 2.55. The number of aromatic nitrogens is 1. The molecule has 7 nitrogen and oxygen atoms in total. The fraction of sp³-hybridized carbons (Fsp3) is 0.667. The molecule has 1 atom stereocenters. The van der Waals surface area contributed by atoms with E-state index in [2.05, 4.69) is 4.98 Å². The molecule has 0 unspecified atom stereocenters. The smallest absolute Gasteiger partial charge is 0.410 e. The van der Waals surface area contributed by atoms with E-state index < -0.39 is 17.5 Å². The van der Waals surface area contributed by atoms with Crippen LogP contribution in [0.1, 0.15) is 76.8 Å². The predicted molar refractivity (Wildman–Crippen MR) is 118 cm³/mol. The molecule has 0 spiro atoms. The molecule has 1 aliphatic heterocycles. The molecule has 1 saturated carbocycles. The van der Waals surface area contributed by atoms with E-state index in [-0.39, 0.29) is 11.5 Å². The van der Waals surface area contributed by atoms with Crippen LogP contribution >= 0.6 is 0 Å². The van der Waals surface area contributed by atoms with Gasteiger partial charge in [0, 0.05) is 24.7 Å². The summed E-state index contributed by atoms with van der Waals surface area (Å²) in [4.78, 5) is 18.6. The molecule has 1 aliphatic carbocycles. The summed E-state index contributed by atoms with van der Waals surface area (Å²) in [6.07, 6.45) is 5.20. The van der Waals surface area contributed by atoms with Crippen LogP contribution in [0.3, 0.4) is 0 Å². The molecule has 1 aromatic rings. The summed E-state index contributed by atoms with van der Waals surface area (Å²) in [6.45, 7) is 12.2. The quantitative estimate of drug-likeness (QED) is 0.661. The molecular weight excluding hydrogens is 396 g/mol. The van der Waals surface area contributed by atoms with E-state index in [9.17, 15) is 15.0 Å². The SMILES string of the molecule is Cc1cc([C@H](O)C2(COC(C)(C)O)CC2)cnc1C1=CCN(C(=O)OC(C)(C)C)CC1. The summed E-state index contributed by atoms with van der Waals surface area (Å²) < 4.78 is 11.0. The number of aryl methyl sites for hydroxylation is 1. The van der Waals surface area contributed by atoms with Gasteiger partial charge >= 0.3 is 6.09 Å². The Hall–Kier alpha value is -1.96. The number of hydrogen-bond acceptors (Lipinski definition) is 6. The second-order valence-corrected chi connectivity index (χ2v) is 10.3. The largest absolute Gasteiger partial charge is 0.444 e. The second-order valence-electron chi connectivity index (χ2n) is 10.3. The molecule has 3 rings (SSSR count). The van der Waals surface area contributed by atoms with Crippen LogP contribution in [0.5, 0.6) is 0 Å². The molecule has 2 N–H and O–H groups in total. The fourth-order valence-electron chi connectivity index (χ4n) is 3.79. The summed E-state index contributed by atoms with van der Waals surface area (Å²) in [5, 5.41) is 20.8. The lowest BCUT2D eigenvalue weighted by atomic mass is 9.92. The molecular formula is C24H36N2O5. The van der Waals surface area contributed by atoms with E-state index in [0.717, 1.165) is 35.2 Å². The third-order valence-corrected chi connectivity index (χ3v) is 5.77. The second kappa shape index (κ2) is 8.52. The van der Waals surface area contributed by atoms with Crippen molar-refractivity contribution >= 4 is 11.7 Å². The van der Waals surface area contributed by atoms with Gasteiger partial charge in [0.05, 0.1) is 18.4 Å². The average Bonchev–Trinajstić information content (AvgIpc) is 3.45. The Morgan fingerprint density at radius 1 is 1.29 bits per heavy atom. The number of aliphatic hydroxyl groups is 2. The van der Waals surface area contributed by atoms with Crippen LogP contribution in [-0.4, -0.2) is 57.3 Å². The average molecular weight is 433 g/mol. The number of pyridine rings is 1. The van der Waals surface area contributed by atoms with Crippen LogP contribution in [0.2, 0.25) is 0 Å². The van der Waals surface area contributed by atoms with Crippen LogP contribution in [0.15, 0.2) is 18.3 Å². The standard InChI is InChI=1S/C24H36N2O5/c1-16-13-18(20(27)24(9-10-24)15-30-23(5,6)29)14-25-19(16)17-7-11-26(12-8-17)21(28)31-22(2,3)4/h7,13-14,20,27,29H,8-12,15H2,1-6H3/t20-/m0/s1. The molecule has 0 radical (unpaired) electrons. The van der Waals surface area contributed by atoms with Crippen molar-refractivity contribution in [2.24, 2.45) is 5.41 Å². The van der Waals surface area contributed by atoms with Crippen molar-refractivity contribution < 1.29 is 24.5 Å². The molecule has 2 heterocycles.